The van der Waals surface area contributed by atoms with E-state index in [1.54, 1.807) is 0 Å². The predicted octanol–water partition coefficient (Wildman–Crippen LogP) is 1.20. The largest absolute Gasteiger partial charge is 0.482 e. The second kappa shape index (κ2) is 5.86. The minimum absolute atomic E-state index is 0.0326. The average molecular weight is 287 g/mol. The quantitative estimate of drug-likeness (QED) is 0.854. The van der Waals surface area contributed by atoms with E-state index in [0.29, 0.717) is 12.2 Å². The molecule has 5 heteroatoms. The summed E-state index contributed by atoms with van der Waals surface area (Å²) in [5, 5.41) is 0. The van der Waals surface area contributed by atoms with Gasteiger partial charge in [-0.05, 0) is 40.9 Å². The van der Waals surface area contributed by atoms with Crippen LogP contribution in [0.1, 0.15) is 12.5 Å². The molecule has 0 radical (unpaired) electrons. The maximum absolute atomic E-state index is 10.7. The zero-order chi connectivity index (χ0) is 12.1. The van der Waals surface area contributed by atoms with E-state index in [1.165, 1.54) is 0 Å². The Morgan fingerprint density at radius 1 is 1.56 bits per heavy atom. The number of benzene rings is 1. The van der Waals surface area contributed by atoms with Gasteiger partial charge in [-0.25, -0.2) is 0 Å². The van der Waals surface area contributed by atoms with Gasteiger partial charge in [-0.2, -0.15) is 0 Å². The van der Waals surface area contributed by atoms with E-state index < -0.39 is 5.91 Å². The van der Waals surface area contributed by atoms with Crippen molar-refractivity contribution in [1.29, 1.82) is 0 Å². The number of para-hydroxylation sites is 1. The van der Waals surface area contributed by atoms with Crippen LogP contribution in [0.3, 0.4) is 0 Å². The smallest absolute Gasteiger partial charge is 0.255 e. The highest BCUT2D eigenvalue weighted by Gasteiger charge is 2.10. The SMILES string of the molecule is CC(N)Cc1cccc(Br)c1OCC(N)=O. The van der Waals surface area contributed by atoms with Gasteiger partial charge < -0.3 is 16.2 Å². The number of ether oxygens (including phenoxy) is 1. The zero-order valence-corrected chi connectivity index (χ0v) is 10.7. The van der Waals surface area contributed by atoms with Gasteiger partial charge in [0.25, 0.3) is 5.91 Å². The minimum Gasteiger partial charge on any atom is -0.482 e. The van der Waals surface area contributed by atoms with Crippen LogP contribution in [0.4, 0.5) is 0 Å². The Morgan fingerprint density at radius 3 is 2.81 bits per heavy atom. The lowest BCUT2D eigenvalue weighted by atomic mass is 10.1. The van der Waals surface area contributed by atoms with E-state index in [9.17, 15) is 4.79 Å². The Labute approximate surface area is 103 Å². The van der Waals surface area contributed by atoms with E-state index in [2.05, 4.69) is 15.9 Å². The molecule has 0 aliphatic rings. The van der Waals surface area contributed by atoms with E-state index in [4.69, 9.17) is 16.2 Å². The molecule has 88 valence electrons. The molecule has 1 aromatic carbocycles. The summed E-state index contributed by atoms with van der Waals surface area (Å²) in [5.74, 6) is 0.140. The van der Waals surface area contributed by atoms with Gasteiger partial charge in [-0.3, -0.25) is 4.79 Å². The van der Waals surface area contributed by atoms with Gasteiger partial charge in [0.15, 0.2) is 6.61 Å². The first kappa shape index (κ1) is 13.0. The van der Waals surface area contributed by atoms with Crippen LogP contribution in [0.5, 0.6) is 5.75 Å². The standard InChI is InChI=1S/C11H15BrN2O2/c1-7(13)5-8-3-2-4-9(12)11(8)16-6-10(14)15/h2-4,7H,5-6,13H2,1H3,(H2,14,15). The monoisotopic (exact) mass is 286 g/mol. The summed E-state index contributed by atoms with van der Waals surface area (Å²) in [7, 11) is 0. The number of carbonyl (C=O) groups excluding carboxylic acids is 1. The fraction of sp³-hybridized carbons (Fsp3) is 0.364. The third-order valence-electron chi connectivity index (χ3n) is 1.95. The number of primary amides is 1. The number of carbonyl (C=O) groups is 1. The van der Waals surface area contributed by atoms with Crippen LogP contribution >= 0.6 is 15.9 Å². The Kier molecular flexibility index (Phi) is 4.76. The van der Waals surface area contributed by atoms with Crippen molar-refractivity contribution < 1.29 is 9.53 Å². The van der Waals surface area contributed by atoms with Gasteiger partial charge in [0, 0.05) is 6.04 Å². The Bertz CT molecular complexity index is 380. The Hall–Kier alpha value is -1.07. The summed E-state index contributed by atoms with van der Waals surface area (Å²) in [5.41, 5.74) is 11.7. The molecule has 1 unspecified atom stereocenters. The maximum atomic E-state index is 10.7. The first-order chi connectivity index (χ1) is 7.50. The van der Waals surface area contributed by atoms with Crippen LogP contribution in [0.2, 0.25) is 0 Å². The van der Waals surface area contributed by atoms with Gasteiger partial charge in [0.1, 0.15) is 5.75 Å². The van der Waals surface area contributed by atoms with Crippen LogP contribution < -0.4 is 16.2 Å². The lowest BCUT2D eigenvalue weighted by Gasteiger charge is -2.13. The Morgan fingerprint density at radius 2 is 2.25 bits per heavy atom. The van der Waals surface area contributed by atoms with Gasteiger partial charge in [0.05, 0.1) is 4.47 Å². The molecule has 1 rings (SSSR count). The van der Waals surface area contributed by atoms with Gasteiger partial charge in [-0.15, -0.1) is 0 Å². The van der Waals surface area contributed by atoms with Gasteiger partial charge >= 0.3 is 0 Å². The van der Waals surface area contributed by atoms with Crippen molar-refractivity contribution in [3.63, 3.8) is 0 Å². The van der Waals surface area contributed by atoms with Crippen molar-refractivity contribution >= 4 is 21.8 Å². The number of rotatable bonds is 5. The molecule has 0 aliphatic heterocycles. The highest BCUT2D eigenvalue weighted by atomic mass is 79.9. The molecule has 1 amide bonds. The third kappa shape index (κ3) is 3.83. The molecular formula is C11H15BrN2O2. The van der Waals surface area contributed by atoms with E-state index >= 15 is 0 Å². The van der Waals surface area contributed by atoms with Crippen molar-refractivity contribution in [2.75, 3.05) is 6.61 Å². The number of halogens is 1. The van der Waals surface area contributed by atoms with E-state index in [1.807, 2.05) is 25.1 Å². The summed E-state index contributed by atoms with van der Waals surface area (Å²) in [4.78, 5) is 10.7. The molecule has 0 heterocycles. The summed E-state index contributed by atoms with van der Waals surface area (Å²) < 4.78 is 6.15. The number of amides is 1. The van der Waals surface area contributed by atoms with Gasteiger partial charge in [0.2, 0.25) is 0 Å². The molecule has 4 nitrogen and oxygen atoms in total. The van der Waals surface area contributed by atoms with Crippen LogP contribution in [0.15, 0.2) is 22.7 Å². The fourth-order valence-electron chi connectivity index (χ4n) is 1.37. The average Bonchev–Trinajstić information content (AvgIpc) is 2.15. The highest BCUT2D eigenvalue weighted by molar-refractivity contribution is 9.10. The number of hydrogen-bond donors (Lipinski definition) is 2. The molecule has 0 aliphatic carbocycles. The zero-order valence-electron chi connectivity index (χ0n) is 9.07. The molecule has 0 bridgehead atoms. The molecule has 16 heavy (non-hydrogen) atoms. The van der Waals surface area contributed by atoms with Crippen LogP contribution in [0.25, 0.3) is 0 Å². The molecule has 1 atom stereocenters. The lowest BCUT2D eigenvalue weighted by Crippen LogP contribution is -2.22. The van der Waals surface area contributed by atoms with Crippen LogP contribution in [-0.2, 0) is 11.2 Å². The summed E-state index contributed by atoms with van der Waals surface area (Å²) in [6.45, 7) is 1.79. The van der Waals surface area contributed by atoms with Crippen molar-refractivity contribution in [3.05, 3.63) is 28.2 Å². The second-order valence-electron chi connectivity index (χ2n) is 3.66. The maximum Gasteiger partial charge on any atom is 0.255 e. The molecule has 0 aromatic heterocycles. The van der Waals surface area contributed by atoms with E-state index in [0.717, 1.165) is 10.0 Å². The van der Waals surface area contributed by atoms with Crippen LogP contribution in [0, 0.1) is 0 Å². The van der Waals surface area contributed by atoms with Crippen molar-refractivity contribution in [2.45, 2.75) is 19.4 Å². The summed E-state index contributed by atoms with van der Waals surface area (Å²) >= 11 is 3.37. The molecule has 0 fully saturated rings. The first-order valence-electron chi connectivity index (χ1n) is 4.94. The molecule has 0 saturated carbocycles. The summed E-state index contributed by atoms with van der Waals surface area (Å²) in [6, 6.07) is 5.70. The molecule has 1 aromatic rings. The summed E-state index contributed by atoms with van der Waals surface area (Å²) in [6.07, 6.45) is 0.688. The lowest BCUT2D eigenvalue weighted by molar-refractivity contribution is -0.119. The van der Waals surface area contributed by atoms with Crippen LogP contribution in [-0.4, -0.2) is 18.6 Å². The third-order valence-corrected chi connectivity index (χ3v) is 2.57. The predicted molar refractivity (Wildman–Crippen MR) is 66.2 cm³/mol. The Balaban J connectivity index is 2.89. The highest BCUT2D eigenvalue weighted by Crippen LogP contribution is 2.29. The second-order valence-corrected chi connectivity index (χ2v) is 4.52. The van der Waals surface area contributed by atoms with Crippen molar-refractivity contribution in [1.82, 2.24) is 0 Å². The van der Waals surface area contributed by atoms with Crippen molar-refractivity contribution in [3.8, 4) is 5.75 Å². The topological polar surface area (TPSA) is 78.3 Å². The first-order valence-corrected chi connectivity index (χ1v) is 5.74. The molecule has 0 spiro atoms. The van der Waals surface area contributed by atoms with E-state index in [-0.39, 0.29) is 12.6 Å². The fourth-order valence-corrected chi connectivity index (χ4v) is 1.89. The van der Waals surface area contributed by atoms with Crippen molar-refractivity contribution in [2.24, 2.45) is 11.5 Å². The molecular weight excluding hydrogens is 272 g/mol. The van der Waals surface area contributed by atoms with Gasteiger partial charge in [-0.1, -0.05) is 12.1 Å². The molecule has 0 saturated heterocycles. The molecule has 4 N–H and O–H groups in total. The number of nitrogens with two attached hydrogens (primary N) is 2. The minimum atomic E-state index is -0.498. The number of hydrogen-bond acceptors (Lipinski definition) is 3. The normalized spacial score (nSPS) is 12.2.